The van der Waals surface area contributed by atoms with Gasteiger partial charge < -0.3 is 10.6 Å². The summed E-state index contributed by atoms with van der Waals surface area (Å²) in [6, 6.07) is 9.41. The molecule has 1 aliphatic rings. The molecule has 2 N–H and O–H groups in total. The fraction of sp³-hybridized carbons (Fsp3) is 0.500. The second-order valence-electron chi connectivity index (χ2n) is 3.89. The molecule has 14 heavy (non-hydrogen) atoms. The number of nitrogens with two attached hydrogens (primary N) is 1. The predicted octanol–water partition coefficient (Wildman–Crippen LogP) is 2.13. The second kappa shape index (κ2) is 4.01. The van der Waals surface area contributed by atoms with Gasteiger partial charge in [-0.15, -0.1) is 0 Å². The predicted molar refractivity (Wildman–Crippen MR) is 60.4 cm³/mol. The first-order chi connectivity index (χ1) is 6.85. The number of benzene rings is 1. The maximum absolute atomic E-state index is 5.57. The minimum atomic E-state index is 0.635. The highest BCUT2D eigenvalue weighted by Crippen LogP contribution is 2.31. The third kappa shape index (κ3) is 1.90. The van der Waals surface area contributed by atoms with Gasteiger partial charge in [-0.3, -0.25) is 0 Å². The highest BCUT2D eigenvalue weighted by molar-refractivity contribution is 5.49. The zero-order valence-corrected chi connectivity index (χ0v) is 8.74. The first-order valence-electron chi connectivity index (χ1n) is 5.40. The van der Waals surface area contributed by atoms with Crippen molar-refractivity contribution in [3.05, 3.63) is 29.8 Å². The normalized spacial score (nSPS) is 15.6. The summed E-state index contributed by atoms with van der Waals surface area (Å²) in [6.45, 7) is 3.96. The second-order valence-corrected chi connectivity index (χ2v) is 3.89. The van der Waals surface area contributed by atoms with Crippen molar-refractivity contribution in [1.29, 1.82) is 0 Å². The van der Waals surface area contributed by atoms with Gasteiger partial charge in [-0.05, 0) is 37.5 Å². The van der Waals surface area contributed by atoms with Gasteiger partial charge in [-0.25, -0.2) is 0 Å². The smallest absolute Gasteiger partial charge is 0.0368 e. The van der Waals surface area contributed by atoms with E-state index in [1.54, 1.807) is 0 Å². The van der Waals surface area contributed by atoms with Crippen LogP contribution in [-0.2, 0) is 6.54 Å². The molecule has 1 saturated carbocycles. The lowest BCUT2D eigenvalue weighted by atomic mass is 10.2. The van der Waals surface area contributed by atoms with Crippen molar-refractivity contribution in [2.45, 2.75) is 32.4 Å². The van der Waals surface area contributed by atoms with Gasteiger partial charge in [0.05, 0.1) is 0 Å². The topological polar surface area (TPSA) is 29.3 Å². The Kier molecular flexibility index (Phi) is 2.73. The van der Waals surface area contributed by atoms with Crippen LogP contribution in [0.15, 0.2) is 24.3 Å². The van der Waals surface area contributed by atoms with Gasteiger partial charge >= 0.3 is 0 Å². The van der Waals surface area contributed by atoms with E-state index >= 15 is 0 Å². The van der Waals surface area contributed by atoms with Crippen LogP contribution in [0.2, 0.25) is 0 Å². The van der Waals surface area contributed by atoms with Crippen LogP contribution in [0.3, 0.4) is 0 Å². The number of hydrogen-bond acceptors (Lipinski definition) is 2. The Morgan fingerprint density at radius 2 is 1.93 bits per heavy atom. The Morgan fingerprint density at radius 3 is 2.36 bits per heavy atom. The lowest BCUT2D eigenvalue weighted by Gasteiger charge is -2.22. The highest BCUT2D eigenvalue weighted by atomic mass is 15.2. The highest BCUT2D eigenvalue weighted by Gasteiger charge is 2.27. The van der Waals surface area contributed by atoms with Crippen molar-refractivity contribution in [2.24, 2.45) is 5.73 Å². The first kappa shape index (κ1) is 9.53. The van der Waals surface area contributed by atoms with E-state index < -0.39 is 0 Å². The standard InChI is InChI=1S/C12H18N2/c1-2-14(12-7-8-12)11-5-3-10(9-13)4-6-11/h3-6,12H,2,7-9,13H2,1H3. The van der Waals surface area contributed by atoms with Crippen LogP contribution < -0.4 is 10.6 Å². The average molecular weight is 190 g/mol. The zero-order valence-electron chi connectivity index (χ0n) is 8.74. The van der Waals surface area contributed by atoms with E-state index in [9.17, 15) is 0 Å². The lowest BCUT2D eigenvalue weighted by molar-refractivity contribution is 0.826. The van der Waals surface area contributed by atoms with Crippen molar-refractivity contribution >= 4 is 5.69 Å². The Morgan fingerprint density at radius 1 is 1.29 bits per heavy atom. The fourth-order valence-corrected chi connectivity index (χ4v) is 1.86. The third-order valence-electron chi connectivity index (χ3n) is 2.83. The Bertz CT molecular complexity index is 288. The van der Waals surface area contributed by atoms with E-state index in [0.717, 1.165) is 12.6 Å². The van der Waals surface area contributed by atoms with E-state index in [1.165, 1.54) is 24.1 Å². The molecule has 0 radical (unpaired) electrons. The van der Waals surface area contributed by atoms with Crippen molar-refractivity contribution in [1.82, 2.24) is 0 Å². The molecule has 1 aliphatic carbocycles. The molecule has 2 nitrogen and oxygen atoms in total. The van der Waals surface area contributed by atoms with Gasteiger partial charge in [0.15, 0.2) is 0 Å². The third-order valence-corrected chi connectivity index (χ3v) is 2.83. The molecule has 1 aromatic carbocycles. The number of hydrogen-bond donors (Lipinski definition) is 1. The van der Waals surface area contributed by atoms with Crippen molar-refractivity contribution < 1.29 is 0 Å². The number of rotatable bonds is 4. The average Bonchev–Trinajstić information content (AvgIpc) is 3.04. The SMILES string of the molecule is CCN(c1ccc(CN)cc1)C1CC1. The van der Waals surface area contributed by atoms with E-state index in [2.05, 4.69) is 36.1 Å². The molecule has 2 rings (SSSR count). The van der Waals surface area contributed by atoms with Crippen LogP contribution in [0.5, 0.6) is 0 Å². The zero-order chi connectivity index (χ0) is 9.97. The molecule has 1 fully saturated rings. The van der Waals surface area contributed by atoms with Gasteiger partial charge in [0.1, 0.15) is 0 Å². The van der Waals surface area contributed by atoms with Gasteiger partial charge in [0, 0.05) is 24.8 Å². The molecule has 0 spiro atoms. The summed E-state index contributed by atoms with van der Waals surface area (Å²) in [5.74, 6) is 0. The summed E-state index contributed by atoms with van der Waals surface area (Å²) in [4.78, 5) is 2.47. The molecule has 0 saturated heterocycles. The summed E-state index contributed by atoms with van der Waals surface area (Å²) in [6.07, 6.45) is 2.71. The molecule has 0 atom stereocenters. The van der Waals surface area contributed by atoms with Crippen molar-refractivity contribution in [2.75, 3.05) is 11.4 Å². The van der Waals surface area contributed by atoms with Crippen LogP contribution in [0.1, 0.15) is 25.3 Å². The minimum Gasteiger partial charge on any atom is -0.369 e. The molecular weight excluding hydrogens is 172 g/mol. The quantitative estimate of drug-likeness (QED) is 0.788. The molecule has 0 heterocycles. The largest absolute Gasteiger partial charge is 0.369 e. The maximum atomic E-state index is 5.57. The molecular formula is C12H18N2. The molecule has 0 unspecified atom stereocenters. The van der Waals surface area contributed by atoms with Crippen LogP contribution in [0.25, 0.3) is 0 Å². The number of anilines is 1. The summed E-state index contributed by atoms with van der Waals surface area (Å²) in [5.41, 5.74) is 8.12. The maximum Gasteiger partial charge on any atom is 0.0368 e. The Hall–Kier alpha value is -1.02. The molecule has 1 aromatic rings. The summed E-state index contributed by atoms with van der Waals surface area (Å²) >= 11 is 0. The van der Waals surface area contributed by atoms with Crippen molar-refractivity contribution in [3.63, 3.8) is 0 Å². The van der Waals surface area contributed by atoms with Crippen molar-refractivity contribution in [3.8, 4) is 0 Å². The van der Waals surface area contributed by atoms with E-state index in [1.807, 2.05) is 0 Å². The molecule has 0 bridgehead atoms. The van der Waals surface area contributed by atoms with Gasteiger partial charge in [-0.2, -0.15) is 0 Å². The Labute approximate surface area is 85.7 Å². The van der Waals surface area contributed by atoms with Crippen LogP contribution in [-0.4, -0.2) is 12.6 Å². The minimum absolute atomic E-state index is 0.635. The molecule has 76 valence electrons. The summed E-state index contributed by atoms with van der Waals surface area (Å²) in [5, 5.41) is 0. The molecule has 2 heteroatoms. The van der Waals surface area contributed by atoms with Gasteiger partial charge in [0.25, 0.3) is 0 Å². The Balaban J connectivity index is 2.13. The molecule has 0 amide bonds. The molecule has 0 aromatic heterocycles. The lowest BCUT2D eigenvalue weighted by Crippen LogP contribution is -2.24. The fourth-order valence-electron chi connectivity index (χ4n) is 1.86. The summed E-state index contributed by atoms with van der Waals surface area (Å²) in [7, 11) is 0. The van der Waals surface area contributed by atoms with Crippen LogP contribution >= 0.6 is 0 Å². The van der Waals surface area contributed by atoms with Crippen LogP contribution in [0.4, 0.5) is 5.69 Å². The first-order valence-corrected chi connectivity index (χ1v) is 5.40. The van der Waals surface area contributed by atoms with E-state index in [-0.39, 0.29) is 0 Å². The van der Waals surface area contributed by atoms with Gasteiger partial charge in [0.2, 0.25) is 0 Å². The van der Waals surface area contributed by atoms with Gasteiger partial charge in [-0.1, -0.05) is 12.1 Å². The van der Waals surface area contributed by atoms with E-state index in [0.29, 0.717) is 6.54 Å². The monoisotopic (exact) mass is 190 g/mol. The van der Waals surface area contributed by atoms with Crippen LogP contribution in [0, 0.1) is 0 Å². The molecule has 0 aliphatic heterocycles. The van der Waals surface area contributed by atoms with E-state index in [4.69, 9.17) is 5.73 Å². The summed E-state index contributed by atoms with van der Waals surface area (Å²) < 4.78 is 0. The number of nitrogens with zero attached hydrogens (tertiary/aromatic N) is 1.